The van der Waals surface area contributed by atoms with E-state index >= 15 is 0 Å². The van der Waals surface area contributed by atoms with Crippen LogP contribution in [0, 0.1) is 26.1 Å². The molecule has 0 amide bonds. The third kappa shape index (κ3) is 4.92. The summed E-state index contributed by atoms with van der Waals surface area (Å²) in [7, 11) is 0. The Hall–Kier alpha value is -3.65. The SMILES string of the molecule is CC(C)Cc1c([N+](=O)[O-])cnc2ccccc12.O=[N+]([O-])c1cnc2ccccc2c1Cl. The molecule has 0 fully saturated rings. The van der Waals surface area contributed by atoms with Gasteiger partial charge in [0, 0.05) is 16.3 Å². The van der Waals surface area contributed by atoms with Gasteiger partial charge in [0.25, 0.3) is 5.69 Å². The van der Waals surface area contributed by atoms with Crippen LogP contribution in [0.4, 0.5) is 11.4 Å². The van der Waals surface area contributed by atoms with Crippen molar-refractivity contribution in [3.8, 4) is 0 Å². The van der Waals surface area contributed by atoms with Gasteiger partial charge in [-0.2, -0.15) is 0 Å². The molecule has 2 heterocycles. The molecule has 0 spiro atoms. The third-order valence-electron chi connectivity index (χ3n) is 4.56. The summed E-state index contributed by atoms with van der Waals surface area (Å²) in [6.07, 6.45) is 3.23. The van der Waals surface area contributed by atoms with E-state index in [1.165, 1.54) is 12.4 Å². The second-order valence-corrected chi connectivity index (χ2v) is 7.60. The van der Waals surface area contributed by atoms with Gasteiger partial charge in [0.2, 0.25) is 0 Å². The van der Waals surface area contributed by atoms with Crippen LogP contribution in [-0.4, -0.2) is 19.8 Å². The summed E-state index contributed by atoms with van der Waals surface area (Å²) in [5.74, 6) is 0.375. The number of hydrogen-bond donors (Lipinski definition) is 0. The predicted octanol–water partition coefficient (Wildman–Crippen LogP) is 6.14. The van der Waals surface area contributed by atoms with E-state index in [-0.39, 0.29) is 21.3 Å². The van der Waals surface area contributed by atoms with Crippen LogP contribution in [0.25, 0.3) is 21.8 Å². The normalized spacial score (nSPS) is 10.7. The highest BCUT2D eigenvalue weighted by atomic mass is 35.5. The predicted molar refractivity (Wildman–Crippen MR) is 120 cm³/mol. The van der Waals surface area contributed by atoms with Crippen molar-refractivity contribution in [1.82, 2.24) is 9.97 Å². The maximum atomic E-state index is 11.0. The quantitative estimate of drug-likeness (QED) is 0.279. The molecule has 4 rings (SSSR count). The van der Waals surface area contributed by atoms with Crippen molar-refractivity contribution in [1.29, 1.82) is 0 Å². The molecule has 0 aliphatic carbocycles. The number of para-hydroxylation sites is 2. The highest BCUT2D eigenvalue weighted by Crippen LogP contribution is 2.30. The van der Waals surface area contributed by atoms with Gasteiger partial charge in [-0.15, -0.1) is 0 Å². The maximum absolute atomic E-state index is 11.0. The highest BCUT2D eigenvalue weighted by Gasteiger charge is 2.18. The Bertz CT molecular complexity index is 1280. The summed E-state index contributed by atoms with van der Waals surface area (Å²) in [5.41, 5.74) is 2.22. The number of nitrogens with zero attached hydrogens (tertiary/aromatic N) is 4. The van der Waals surface area contributed by atoms with Gasteiger partial charge < -0.3 is 0 Å². The van der Waals surface area contributed by atoms with Gasteiger partial charge in [-0.05, 0) is 24.5 Å². The summed E-state index contributed by atoms with van der Waals surface area (Å²) in [6.45, 7) is 4.11. The summed E-state index contributed by atoms with van der Waals surface area (Å²) in [6, 6.07) is 14.6. The second-order valence-electron chi connectivity index (χ2n) is 7.23. The van der Waals surface area contributed by atoms with Crippen LogP contribution in [0.3, 0.4) is 0 Å². The van der Waals surface area contributed by atoms with Crippen molar-refractivity contribution in [3.63, 3.8) is 0 Å². The molecule has 8 nitrogen and oxygen atoms in total. The van der Waals surface area contributed by atoms with E-state index in [1.807, 2.05) is 24.3 Å². The van der Waals surface area contributed by atoms with Crippen molar-refractivity contribution in [2.45, 2.75) is 20.3 Å². The molecular formula is C22H19ClN4O4. The standard InChI is InChI=1S/C13H14N2O2.C9H5ClN2O2/c1-9(2)7-11-10-5-3-4-6-12(10)14-8-13(11)15(16)17;10-9-6-3-1-2-4-7(6)11-5-8(9)12(13)14/h3-6,8-9H,7H2,1-2H3;1-5H. The van der Waals surface area contributed by atoms with E-state index in [2.05, 4.69) is 23.8 Å². The lowest BCUT2D eigenvalue weighted by molar-refractivity contribution is -0.385. The first-order valence-corrected chi connectivity index (χ1v) is 9.86. The number of pyridine rings is 2. The summed E-state index contributed by atoms with van der Waals surface area (Å²) in [4.78, 5) is 28.7. The molecule has 9 heteroatoms. The van der Waals surface area contributed by atoms with E-state index in [0.717, 1.165) is 16.5 Å². The van der Waals surface area contributed by atoms with Gasteiger partial charge in [0.1, 0.15) is 17.4 Å². The van der Waals surface area contributed by atoms with Crippen LogP contribution in [0.5, 0.6) is 0 Å². The van der Waals surface area contributed by atoms with Gasteiger partial charge >= 0.3 is 5.69 Å². The Morgan fingerprint density at radius 2 is 1.32 bits per heavy atom. The first-order valence-electron chi connectivity index (χ1n) is 9.48. The van der Waals surface area contributed by atoms with Gasteiger partial charge in [0.15, 0.2) is 0 Å². The highest BCUT2D eigenvalue weighted by molar-refractivity contribution is 6.37. The maximum Gasteiger partial charge on any atom is 0.306 e. The lowest BCUT2D eigenvalue weighted by Crippen LogP contribution is -2.02. The lowest BCUT2D eigenvalue weighted by Gasteiger charge is -2.09. The first kappa shape index (κ1) is 22.0. The minimum Gasteiger partial charge on any atom is -0.258 e. The second kappa shape index (κ2) is 9.44. The van der Waals surface area contributed by atoms with Crippen LogP contribution in [0.15, 0.2) is 60.9 Å². The molecule has 0 saturated carbocycles. The van der Waals surface area contributed by atoms with Crippen LogP contribution in [0.1, 0.15) is 19.4 Å². The van der Waals surface area contributed by atoms with Crippen LogP contribution in [-0.2, 0) is 6.42 Å². The van der Waals surface area contributed by atoms with Crippen molar-refractivity contribution >= 4 is 44.8 Å². The van der Waals surface area contributed by atoms with E-state index in [9.17, 15) is 20.2 Å². The molecule has 158 valence electrons. The molecule has 2 aromatic carbocycles. The van der Waals surface area contributed by atoms with E-state index in [4.69, 9.17) is 11.6 Å². The van der Waals surface area contributed by atoms with E-state index in [1.54, 1.807) is 24.3 Å². The molecule has 4 aromatic rings. The van der Waals surface area contributed by atoms with Crippen molar-refractivity contribution in [3.05, 3.63) is 91.7 Å². The molecule has 31 heavy (non-hydrogen) atoms. The lowest BCUT2D eigenvalue weighted by atomic mass is 9.98. The number of benzene rings is 2. The molecule has 0 atom stereocenters. The van der Waals surface area contributed by atoms with Crippen molar-refractivity contribution < 1.29 is 9.85 Å². The summed E-state index contributed by atoms with van der Waals surface area (Å²) >= 11 is 5.85. The fourth-order valence-corrected chi connectivity index (χ4v) is 3.47. The molecule has 0 bridgehead atoms. The fourth-order valence-electron chi connectivity index (χ4n) is 3.19. The minimum absolute atomic E-state index is 0.123. The first-order chi connectivity index (χ1) is 14.8. The van der Waals surface area contributed by atoms with Gasteiger partial charge in [-0.25, -0.2) is 9.97 Å². The Kier molecular flexibility index (Phi) is 6.71. The average Bonchev–Trinajstić information content (AvgIpc) is 2.74. The number of aromatic nitrogens is 2. The smallest absolute Gasteiger partial charge is 0.258 e. The van der Waals surface area contributed by atoms with E-state index in [0.29, 0.717) is 23.2 Å². The third-order valence-corrected chi connectivity index (χ3v) is 4.96. The molecule has 0 N–H and O–H groups in total. The number of hydrogen-bond acceptors (Lipinski definition) is 6. The van der Waals surface area contributed by atoms with Crippen molar-refractivity contribution in [2.24, 2.45) is 5.92 Å². The minimum atomic E-state index is -0.540. The number of rotatable bonds is 4. The molecular weight excluding hydrogens is 420 g/mol. The van der Waals surface area contributed by atoms with E-state index < -0.39 is 4.92 Å². The molecule has 0 saturated heterocycles. The van der Waals surface area contributed by atoms with Crippen LogP contribution in [0.2, 0.25) is 5.02 Å². The molecule has 0 radical (unpaired) electrons. The van der Waals surface area contributed by atoms with Crippen LogP contribution < -0.4 is 0 Å². The van der Waals surface area contributed by atoms with Gasteiger partial charge in [-0.3, -0.25) is 20.2 Å². The Morgan fingerprint density at radius 3 is 1.87 bits per heavy atom. The fraction of sp³-hybridized carbons (Fsp3) is 0.182. The number of halogens is 1. The average molecular weight is 439 g/mol. The Labute approximate surface area is 182 Å². The zero-order chi connectivity index (χ0) is 22.5. The molecule has 0 aliphatic heterocycles. The summed E-state index contributed by atoms with van der Waals surface area (Å²) in [5, 5.41) is 23.2. The largest absolute Gasteiger partial charge is 0.306 e. The zero-order valence-corrected chi connectivity index (χ0v) is 17.6. The molecule has 0 unspecified atom stereocenters. The number of nitro groups is 2. The summed E-state index contributed by atoms with van der Waals surface area (Å²) < 4.78 is 0. The van der Waals surface area contributed by atoms with Crippen LogP contribution >= 0.6 is 11.6 Å². The Morgan fingerprint density at radius 1 is 0.839 bits per heavy atom. The monoisotopic (exact) mass is 438 g/mol. The van der Waals surface area contributed by atoms with Gasteiger partial charge in [0.05, 0.1) is 20.9 Å². The molecule has 2 aromatic heterocycles. The van der Waals surface area contributed by atoms with Crippen molar-refractivity contribution in [2.75, 3.05) is 0 Å². The number of fused-ring (bicyclic) bond motifs is 2. The Balaban J connectivity index is 0.000000179. The topological polar surface area (TPSA) is 112 Å². The zero-order valence-electron chi connectivity index (χ0n) is 16.9. The molecule has 0 aliphatic rings. The van der Waals surface area contributed by atoms with Gasteiger partial charge in [-0.1, -0.05) is 61.8 Å².